The van der Waals surface area contributed by atoms with Gasteiger partial charge in [0.15, 0.2) is 5.15 Å². The molecule has 2 N–H and O–H groups in total. The second kappa shape index (κ2) is 8.16. The highest BCUT2D eigenvalue weighted by Gasteiger charge is 2.18. The minimum atomic E-state index is -1.26. The van der Waals surface area contributed by atoms with Gasteiger partial charge in [-0.25, -0.2) is 18.2 Å². The molecule has 128 valence electrons. The van der Waals surface area contributed by atoms with E-state index in [0.29, 0.717) is 25.1 Å². The molecule has 1 aromatic heterocycles. The van der Waals surface area contributed by atoms with E-state index in [1.807, 2.05) is 0 Å². The largest absolute Gasteiger partial charge is 0.354 e. The van der Waals surface area contributed by atoms with E-state index < -0.39 is 28.9 Å². The summed E-state index contributed by atoms with van der Waals surface area (Å²) in [5.41, 5.74) is -0.822. The van der Waals surface area contributed by atoms with E-state index >= 15 is 0 Å². The maximum Gasteiger partial charge on any atom is 0.257 e. The lowest BCUT2D eigenvalue weighted by Crippen LogP contribution is -2.27. The third-order valence-electron chi connectivity index (χ3n) is 2.86. The van der Waals surface area contributed by atoms with Crippen LogP contribution in [0.3, 0.4) is 0 Å². The van der Waals surface area contributed by atoms with Crippen LogP contribution in [0.15, 0.2) is 18.3 Å². The zero-order valence-electron chi connectivity index (χ0n) is 12.0. The van der Waals surface area contributed by atoms with Crippen LogP contribution in [0.5, 0.6) is 0 Å². The third-order valence-corrected chi connectivity index (χ3v) is 3.52. The molecule has 0 saturated carbocycles. The van der Waals surface area contributed by atoms with Crippen molar-refractivity contribution in [1.29, 1.82) is 0 Å². The lowest BCUT2D eigenvalue weighted by Gasteiger charge is -2.08. The van der Waals surface area contributed by atoms with Crippen molar-refractivity contribution in [2.45, 2.75) is 6.42 Å². The van der Waals surface area contributed by atoms with E-state index in [1.54, 1.807) is 0 Å². The molecule has 0 aliphatic carbocycles. The molecule has 0 spiro atoms. The van der Waals surface area contributed by atoms with Gasteiger partial charge < -0.3 is 10.6 Å². The fraction of sp³-hybridized carbons (Fsp3) is 0.214. The van der Waals surface area contributed by atoms with Gasteiger partial charge in [0, 0.05) is 25.2 Å². The van der Waals surface area contributed by atoms with Crippen molar-refractivity contribution in [1.82, 2.24) is 15.3 Å². The molecule has 0 radical (unpaired) electrons. The van der Waals surface area contributed by atoms with Crippen LogP contribution in [-0.4, -0.2) is 29.0 Å². The zero-order valence-corrected chi connectivity index (χ0v) is 13.6. The topological polar surface area (TPSA) is 66.9 Å². The van der Waals surface area contributed by atoms with E-state index in [-0.39, 0.29) is 22.7 Å². The molecule has 10 heteroatoms. The number of hydrogen-bond acceptors (Lipinski definition) is 4. The van der Waals surface area contributed by atoms with E-state index in [4.69, 9.17) is 23.2 Å². The Morgan fingerprint density at radius 2 is 1.79 bits per heavy atom. The standard InChI is InChI=1S/C14H11Cl2F3N4O/c15-8-6-22-14(23-12(8)16)21-3-1-2-20-13(24)11-9(18)4-7(17)5-10(11)19/h4-6H,1-3H2,(H,20,24)(H,21,22,23). The minimum absolute atomic E-state index is 0.102. The predicted molar refractivity (Wildman–Crippen MR) is 83.8 cm³/mol. The summed E-state index contributed by atoms with van der Waals surface area (Å²) < 4.78 is 39.7. The molecule has 5 nitrogen and oxygen atoms in total. The molecule has 0 unspecified atom stereocenters. The number of halogens is 5. The molecule has 0 atom stereocenters. The van der Waals surface area contributed by atoms with Crippen molar-refractivity contribution in [2.24, 2.45) is 0 Å². The molecule has 1 aromatic carbocycles. The second-order valence-corrected chi connectivity index (χ2v) is 5.38. The first kappa shape index (κ1) is 18.3. The molecule has 1 heterocycles. The number of amides is 1. The number of carbonyl (C=O) groups excluding carboxylic acids is 1. The Hall–Kier alpha value is -2.06. The summed E-state index contributed by atoms with van der Waals surface area (Å²) in [6.45, 7) is 0.496. The highest BCUT2D eigenvalue weighted by atomic mass is 35.5. The lowest BCUT2D eigenvalue weighted by molar-refractivity contribution is 0.0945. The van der Waals surface area contributed by atoms with Gasteiger partial charge in [0.25, 0.3) is 5.91 Å². The molecule has 0 bridgehead atoms. The lowest BCUT2D eigenvalue weighted by atomic mass is 10.1. The van der Waals surface area contributed by atoms with Crippen molar-refractivity contribution in [3.8, 4) is 0 Å². The quantitative estimate of drug-likeness (QED) is 0.596. The first-order valence-corrected chi connectivity index (χ1v) is 7.48. The highest BCUT2D eigenvalue weighted by Crippen LogP contribution is 2.18. The van der Waals surface area contributed by atoms with Crippen LogP contribution in [0.4, 0.5) is 19.1 Å². The Bertz CT molecular complexity index is 738. The van der Waals surface area contributed by atoms with Crippen molar-refractivity contribution in [2.75, 3.05) is 18.4 Å². The zero-order chi connectivity index (χ0) is 17.7. The van der Waals surface area contributed by atoms with Crippen molar-refractivity contribution >= 4 is 35.1 Å². The number of benzene rings is 1. The van der Waals surface area contributed by atoms with Gasteiger partial charge in [-0.15, -0.1) is 0 Å². The van der Waals surface area contributed by atoms with Gasteiger partial charge in [-0.2, -0.15) is 4.98 Å². The molecule has 0 aliphatic heterocycles. The van der Waals surface area contributed by atoms with Crippen LogP contribution in [0.2, 0.25) is 10.2 Å². The molecule has 0 saturated heterocycles. The number of nitrogens with one attached hydrogen (secondary N) is 2. The Kier molecular flexibility index (Phi) is 6.22. The van der Waals surface area contributed by atoms with Crippen LogP contribution in [0.1, 0.15) is 16.8 Å². The fourth-order valence-corrected chi connectivity index (χ4v) is 1.99. The smallest absolute Gasteiger partial charge is 0.257 e. The highest BCUT2D eigenvalue weighted by molar-refractivity contribution is 6.41. The molecular formula is C14H11Cl2F3N4O. The van der Waals surface area contributed by atoms with Crippen LogP contribution < -0.4 is 10.6 Å². The van der Waals surface area contributed by atoms with Gasteiger partial charge in [0.05, 0.1) is 11.2 Å². The number of nitrogens with zero attached hydrogens (tertiary/aromatic N) is 2. The second-order valence-electron chi connectivity index (χ2n) is 4.61. The van der Waals surface area contributed by atoms with Gasteiger partial charge in [-0.1, -0.05) is 23.2 Å². The summed E-state index contributed by atoms with van der Waals surface area (Å²) in [5, 5.41) is 5.50. The predicted octanol–water partition coefficient (Wildman–Crippen LogP) is 3.43. The summed E-state index contributed by atoms with van der Waals surface area (Å²) in [6.07, 6.45) is 1.75. The maximum atomic E-state index is 13.4. The van der Waals surface area contributed by atoms with Crippen LogP contribution in [0.25, 0.3) is 0 Å². The number of rotatable bonds is 6. The fourth-order valence-electron chi connectivity index (χ4n) is 1.77. The van der Waals surface area contributed by atoms with Gasteiger partial charge in [0.2, 0.25) is 5.95 Å². The van der Waals surface area contributed by atoms with Crippen LogP contribution >= 0.6 is 23.2 Å². The molecule has 0 aliphatic rings. The molecule has 2 rings (SSSR count). The van der Waals surface area contributed by atoms with Gasteiger partial charge in [-0.3, -0.25) is 4.79 Å². The van der Waals surface area contributed by atoms with Crippen molar-refractivity contribution in [3.63, 3.8) is 0 Å². The molecule has 1 amide bonds. The first-order valence-electron chi connectivity index (χ1n) is 6.73. The van der Waals surface area contributed by atoms with E-state index in [9.17, 15) is 18.0 Å². The SMILES string of the molecule is O=C(NCCCNc1ncc(Cl)c(Cl)n1)c1c(F)cc(F)cc1F. The number of carbonyl (C=O) groups is 1. The summed E-state index contributed by atoms with van der Waals surface area (Å²) in [4.78, 5) is 19.5. The van der Waals surface area contributed by atoms with E-state index in [2.05, 4.69) is 20.6 Å². The Morgan fingerprint density at radius 1 is 1.12 bits per heavy atom. The Morgan fingerprint density at radius 3 is 2.42 bits per heavy atom. The van der Waals surface area contributed by atoms with Crippen molar-refractivity contribution < 1.29 is 18.0 Å². The van der Waals surface area contributed by atoms with E-state index in [1.165, 1.54) is 6.20 Å². The van der Waals surface area contributed by atoms with Crippen LogP contribution in [-0.2, 0) is 0 Å². The van der Waals surface area contributed by atoms with Gasteiger partial charge in [-0.05, 0) is 6.42 Å². The van der Waals surface area contributed by atoms with E-state index in [0.717, 1.165) is 0 Å². The summed E-state index contributed by atoms with van der Waals surface area (Å²) in [7, 11) is 0. The Balaban J connectivity index is 1.80. The summed E-state index contributed by atoms with van der Waals surface area (Å²) >= 11 is 11.4. The maximum absolute atomic E-state index is 13.4. The summed E-state index contributed by atoms with van der Waals surface area (Å²) in [5.74, 6) is -4.31. The number of anilines is 1. The average molecular weight is 379 g/mol. The normalized spacial score (nSPS) is 10.5. The van der Waals surface area contributed by atoms with Gasteiger partial charge >= 0.3 is 0 Å². The molecular weight excluding hydrogens is 368 g/mol. The molecule has 2 aromatic rings. The monoisotopic (exact) mass is 378 g/mol. The van der Waals surface area contributed by atoms with Gasteiger partial charge in [0.1, 0.15) is 23.0 Å². The molecule has 0 fully saturated rings. The summed E-state index contributed by atoms with van der Waals surface area (Å²) in [6, 6.07) is 0.891. The molecule has 24 heavy (non-hydrogen) atoms. The number of aromatic nitrogens is 2. The third kappa shape index (κ3) is 4.72. The Labute approximate surface area is 145 Å². The first-order chi connectivity index (χ1) is 11.4. The number of hydrogen-bond donors (Lipinski definition) is 2. The van der Waals surface area contributed by atoms with Crippen molar-refractivity contribution in [3.05, 3.63) is 51.5 Å². The van der Waals surface area contributed by atoms with Crippen LogP contribution in [0, 0.1) is 17.5 Å². The average Bonchev–Trinajstić information content (AvgIpc) is 2.49. The minimum Gasteiger partial charge on any atom is -0.354 e.